The normalized spacial score (nSPS) is 29.2. The van der Waals surface area contributed by atoms with Gasteiger partial charge in [-0.2, -0.15) is 0 Å². The summed E-state index contributed by atoms with van der Waals surface area (Å²) < 4.78 is 11.2. The Kier molecular flexibility index (Phi) is 2.48. The molecule has 1 unspecified atom stereocenters. The van der Waals surface area contributed by atoms with Crippen molar-refractivity contribution in [3.63, 3.8) is 0 Å². The van der Waals surface area contributed by atoms with Gasteiger partial charge in [-0.15, -0.1) is 0 Å². The molecule has 16 heavy (non-hydrogen) atoms. The van der Waals surface area contributed by atoms with E-state index in [0.29, 0.717) is 0 Å². The summed E-state index contributed by atoms with van der Waals surface area (Å²) in [5.74, 6) is 0. The molecule has 3 rings (SSSR count). The molecule has 0 amide bonds. The third kappa shape index (κ3) is 1.64. The van der Waals surface area contributed by atoms with E-state index in [1.165, 1.54) is 10.8 Å². The van der Waals surface area contributed by atoms with Crippen molar-refractivity contribution in [2.75, 3.05) is 0 Å². The van der Waals surface area contributed by atoms with E-state index in [0.717, 1.165) is 5.22 Å². The third-order valence-corrected chi connectivity index (χ3v) is 3.58. The zero-order chi connectivity index (χ0) is 10.8. The summed E-state index contributed by atoms with van der Waals surface area (Å²) in [7, 11) is -0.915. The van der Waals surface area contributed by atoms with E-state index in [1.54, 1.807) is 0 Å². The number of rotatable bonds is 0. The molecule has 0 saturated carbocycles. The maximum atomic E-state index is 5.75. The molecular weight excluding hydrogens is 216 g/mol. The zero-order valence-corrected chi connectivity index (χ0v) is 10.2. The molecule has 0 saturated heterocycles. The SMILES string of the molecule is C1=C/C2=c3\cccc\c3=C\O[SiH2]OC2C=C1. The zero-order valence-electron chi connectivity index (χ0n) is 8.80. The summed E-state index contributed by atoms with van der Waals surface area (Å²) in [5.41, 5.74) is 1.23. The molecule has 1 heterocycles. The summed E-state index contributed by atoms with van der Waals surface area (Å²) in [4.78, 5) is 0. The van der Waals surface area contributed by atoms with E-state index in [9.17, 15) is 0 Å². The molecule has 1 aromatic carbocycles. The van der Waals surface area contributed by atoms with Crippen LogP contribution in [0.15, 0.2) is 48.6 Å². The highest BCUT2D eigenvalue weighted by atomic mass is 28.3. The average Bonchev–Trinajstić information content (AvgIpc) is 2.33. The summed E-state index contributed by atoms with van der Waals surface area (Å²) >= 11 is 0. The largest absolute Gasteiger partial charge is 0.530 e. The van der Waals surface area contributed by atoms with Crippen LogP contribution in [-0.4, -0.2) is 16.1 Å². The van der Waals surface area contributed by atoms with Crippen molar-refractivity contribution in [2.24, 2.45) is 0 Å². The highest BCUT2D eigenvalue weighted by molar-refractivity contribution is 6.19. The lowest BCUT2D eigenvalue weighted by atomic mass is 10.0. The molecule has 2 nitrogen and oxygen atoms in total. The number of hydrogen-bond donors (Lipinski definition) is 0. The Morgan fingerprint density at radius 3 is 3.06 bits per heavy atom. The minimum atomic E-state index is -0.915. The van der Waals surface area contributed by atoms with Gasteiger partial charge in [0.05, 0.1) is 12.4 Å². The molecule has 1 aliphatic carbocycles. The highest BCUT2D eigenvalue weighted by Crippen LogP contribution is 2.14. The fraction of sp³-hybridized carbons (Fsp3) is 0.0769. The van der Waals surface area contributed by atoms with Crippen molar-refractivity contribution in [3.05, 3.63) is 59.0 Å². The van der Waals surface area contributed by atoms with Gasteiger partial charge in [0.15, 0.2) is 0 Å². The first kappa shape index (κ1) is 9.63. The summed E-state index contributed by atoms with van der Waals surface area (Å²) in [6.07, 6.45) is 10.2. The minimum Gasteiger partial charge on any atom is -0.530 e. The minimum absolute atomic E-state index is 0.0616. The number of allylic oxidation sites excluding steroid dienone is 2. The number of hydrogen-bond acceptors (Lipinski definition) is 2. The molecule has 1 aliphatic heterocycles. The molecule has 2 aliphatic rings. The van der Waals surface area contributed by atoms with Gasteiger partial charge in [-0.25, -0.2) is 0 Å². The molecule has 0 spiro atoms. The van der Waals surface area contributed by atoms with E-state index >= 15 is 0 Å². The van der Waals surface area contributed by atoms with Gasteiger partial charge in [-0.05, 0) is 10.8 Å². The summed E-state index contributed by atoms with van der Waals surface area (Å²) in [5, 5.41) is 2.33. The Bertz CT molecular complexity index is 572. The van der Waals surface area contributed by atoms with Crippen molar-refractivity contribution in [1.29, 1.82) is 0 Å². The van der Waals surface area contributed by atoms with E-state index in [1.807, 2.05) is 24.5 Å². The Balaban J connectivity index is 2.35. The lowest BCUT2D eigenvalue weighted by Gasteiger charge is -2.19. The van der Waals surface area contributed by atoms with Gasteiger partial charge >= 0.3 is 10.0 Å². The Labute approximate surface area is 96.3 Å². The number of benzene rings is 1. The molecule has 80 valence electrons. The van der Waals surface area contributed by atoms with Crippen LogP contribution in [0.3, 0.4) is 0 Å². The van der Waals surface area contributed by atoms with Gasteiger partial charge in [-0.1, -0.05) is 48.6 Å². The van der Waals surface area contributed by atoms with Crippen LogP contribution in [0.25, 0.3) is 11.8 Å². The molecule has 0 fully saturated rings. The van der Waals surface area contributed by atoms with Crippen molar-refractivity contribution in [1.82, 2.24) is 0 Å². The van der Waals surface area contributed by atoms with E-state index in [4.69, 9.17) is 8.85 Å². The van der Waals surface area contributed by atoms with Gasteiger partial charge in [0.1, 0.15) is 0 Å². The van der Waals surface area contributed by atoms with Gasteiger partial charge in [0, 0.05) is 5.22 Å². The second kappa shape index (κ2) is 4.12. The van der Waals surface area contributed by atoms with Crippen molar-refractivity contribution >= 4 is 21.8 Å². The standard InChI is InChI=1S/C13H12O2Si/c1-2-6-11-10(5-1)9-14-16-15-13-8-4-3-7-12(11)13/h1-9,13H,16H2/b10-9-,12-11-. The predicted octanol–water partition coefficient (Wildman–Crippen LogP) is 0.116. The van der Waals surface area contributed by atoms with Crippen LogP contribution in [0, 0.1) is 0 Å². The Morgan fingerprint density at radius 2 is 2.06 bits per heavy atom. The van der Waals surface area contributed by atoms with Crippen LogP contribution in [0.1, 0.15) is 0 Å². The monoisotopic (exact) mass is 228 g/mol. The second-order valence-electron chi connectivity index (χ2n) is 3.78. The van der Waals surface area contributed by atoms with Gasteiger partial charge < -0.3 is 8.85 Å². The molecule has 1 atom stereocenters. The van der Waals surface area contributed by atoms with Crippen LogP contribution in [0.2, 0.25) is 0 Å². The molecule has 0 N–H and O–H groups in total. The Morgan fingerprint density at radius 1 is 1.12 bits per heavy atom. The first-order chi connectivity index (χ1) is 7.95. The van der Waals surface area contributed by atoms with Gasteiger partial charge in [-0.3, -0.25) is 0 Å². The first-order valence-corrected chi connectivity index (χ1v) is 6.48. The van der Waals surface area contributed by atoms with Gasteiger partial charge in [0.25, 0.3) is 0 Å². The van der Waals surface area contributed by atoms with E-state index in [-0.39, 0.29) is 6.10 Å². The molecule has 0 radical (unpaired) electrons. The molecule has 1 aromatic rings. The van der Waals surface area contributed by atoms with Crippen LogP contribution in [0.4, 0.5) is 0 Å². The fourth-order valence-corrected chi connectivity index (χ4v) is 2.77. The smallest absolute Gasteiger partial charge is 0.366 e. The Hall–Kier alpha value is -1.58. The first-order valence-electron chi connectivity index (χ1n) is 5.33. The molecule has 3 heteroatoms. The van der Waals surface area contributed by atoms with Crippen LogP contribution >= 0.6 is 0 Å². The molecular formula is C13H12O2Si. The molecule has 0 bridgehead atoms. The van der Waals surface area contributed by atoms with E-state index in [2.05, 4.69) is 30.4 Å². The second-order valence-corrected chi connectivity index (χ2v) is 4.68. The number of fused-ring (bicyclic) bond motifs is 2. The molecule has 0 aromatic heterocycles. The van der Waals surface area contributed by atoms with Crippen LogP contribution in [0.5, 0.6) is 0 Å². The lowest BCUT2D eigenvalue weighted by Crippen LogP contribution is -2.34. The van der Waals surface area contributed by atoms with Crippen molar-refractivity contribution in [2.45, 2.75) is 6.10 Å². The average molecular weight is 228 g/mol. The highest BCUT2D eigenvalue weighted by Gasteiger charge is 2.14. The maximum absolute atomic E-state index is 5.75. The maximum Gasteiger partial charge on any atom is 0.366 e. The summed E-state index contributed by atoms with van der Waals surface area (Å²) in [6, 6.07) is 8.26. The predicted molar refractivity (Wildman–Crippen MR) is 66.3 cm³/mol. The van der Waals surface area contributed by atoms with Gasteiger partial charge in [0.2, 0.25) is 0 Å². The van der Waals surface area contributed by atoms with Crippen molar-refractivity contribution < 1.29 is 8.85 Å². The lowest BCUT2D eigenvalue weighted by molar-refractivity contribution is 0.270. The van der Waals surface area contributed by atoms with Crippen molar-refractivity contribution in [3.8, 4) is 0 Å². The fourth-order valence-electron chi connectivity index (χ4n) is 2.01. The summed E-state index contributed by atoms with van der Waals surface area (Å²) in [6.45, 7) is 0. The third-order valence-electron chi connectivity index (χ3n) is 2.78. The van der Waals surface area contributed by atoms with E-state index < -0.39 is 10.0 Å². The quantitative estimate of drug-likeness (QED) is 0.587. The van der Waals surface area contributed by atoms with Crippen LogP contribution < -0.4 is 10.4 Å². The topological polar surface area (TPSA) is 18.5 Å². The van der Waals surface area contributed by atoms with Crippen LogP contribution in [-0.2, 0) is 8.85 Å².